The van der Waals surface area contributed by atoms with E-state index in [9.17, 15) is 0 Å². The van der Waals surface area contributed by atoms with E-state index in [-0.39, 0.29) is 16.2 Å². The zero-order valence-electron chi connectivity index (χ0n) is 18.7. The van der Waals surface area contributed by atoms with Crippen LogP contribution in [0, 0.1) is 13.8 Å². The highest BCUT2D eigenvalue weighted by Gasteiger charge is 2.27. The van der Waals surface area contributed by atoms with Crippen molar-refractivity contribution in [2.24, 2.45) is 0 Å². The maximum atomic E-state index is 2.46. The first kappa shape index (κ1) is 20.7. The van der Waals surface area contributed by atoms with Gasteiger partial charge in [-0.2, -0.15) is 0 Å². The second-order valence-corrected chi connectivity index (χ2v) is 10.8. The minimum atomic E-state index is 0.104. The summed E-state index contributed by atoms with van der Waals surface area (Å²) in [5.74, 6) is 0. The molecule has 0 heteroatoms. The third-order valence-corrected chi connectivity index (χ3v) is 5.41. The third-order valence-electron chi connectivity index (χ3n) is 5.41. The van der Waals surface area contributed by atoms with Gasteiger partial charge in [-0.25, -0.2) is 0 Å². The number of rotatable bonds is 3. The van der Waals surface area contributed by atoms with E-state index in [0.717, 1.165) is 6.42 Å². The molecular formula is C26H38. The minimum absolute atomic E-state index is 0.104. The van der Waals surface area contributed by atoms with Gasteiger partial charge in [-0.05, 0) is 58.8 Å². The molecule has 0 amide bonds. The molecule has 2 aromatic carbocycles. The lowest BCUT2D eigenvalue weighted by atomic mass is 9.72. The van der Waals surface area contributed by atoms with Crippen LogP contribution in [0.25, 0.3) is 0 Å². The van der Waals surface area contributed by atoms with Gasteiger partial charge in [-0.3, -0.25) is 0 Å². The fourth-order valence-electron chi connectivity index (χ4n) is 3.88. The molecule has 0 unspecified atom stereocenters. The molecule has 0 aromatic heterocycles. The predicted molar refractivity (Wildman–Crippen MR) is 116 cm³/mol. The largest absolute Gasteiger partial charge is 0.0582 e. The van der Waals surface area contributed by atoms with Gasteiger partial charge in [0, 0.05) is 0 Å². The molecule has 0 bridgehead atoms. The van der Waals surface area contributed by atoms with Crippen LogP contribution >= 0.6 is 0 Å². The molecule has 0 heterocycles. The van der Waals surface area contributed by atoms with E-state index < -0.39 is 0 Å². The number of aryl methyl sites for hydroxylation is 2. The van der Waals surface area contributed by atoms with Crippen molar-refractivity contribution in [2.75, 3.05) is 0 Å². The minimum Gasteiger partial charge on any atom is -0.0582 e. The van der Waals surface area contributed by atoms with Gasteiger partial charge >= 0.3 is 0 Å². The van der Waals surface area contributed by atoms with Crippen LogP contribution in [-0.2, 0) is 22.7 Å². The molecule has 0 radical (unpaired) electrons. The van der Waals surface area contributed by atoms with Crippen molar-refractivity contribution in [2.45, 2.75) is 91.9 Å². The summed E-state index contributed by atoms with van der Waals surface area (Å²) in [7, 11) is 0. The average Bonchev–Trinajstić information content (AvgIpc) is 2.43. The molecule has 0 saturated carbocycles. The summed E-state index contributed by atoms with van der Waals surface area (Å²) in [6, 6.07) is 14.1. The van der Waals surface area contributed by atoms with E-state index in [1.165, 1.54) is 33.4 Å². The Hall–Kier alpha value is -1.56. The first-order valence-corrected chi connectivity index (χ1v) is 9.93. The maximum absolute atomic E-state index is 2.46. The lowest BCUT2D eigenvalue weighted by Gasteiger charge is -2.32. The molecule has 142 valence electrons. The summed E-state index contributed by atoms with van der Waals surface area (Å²) >= 11 is 0. The van der Waals surface area contributed by atoms with Crippen LogP contribution in [0.15, 0.2) is 36.4 Å². The summed E-state index contributed by atoms with van der Waals surface area (Å²) in [5, 5.41) is 0. The summed E-state index contributed by atoms with van der Waals surface area (Å²) in [6.07, 6.45) is 1.06. The van der Waals surface area contributed by atoms with Gasteiger partial charge in [0.25, 0.3) is 0 Å². The Labute approximate surface area is 162 Å². The van der Waals surface area contributed by atoms with Crippen LogP contribution in [-0.4, -0.2) is 0 Å². The van der Waals surface area contributed by atoms with Gasteiger partial charge < -0.3 is 0 Å². The zero-order valence-corrected chi connectivity index (χ0v) is 18.7. The van der Waals surface area contributed by atoms with Crippen molar-refractivity contribution in [3.05, 3.63) is 69.8 Å². The molecule has 0 atom stereocenters. The van der Waals surface area contributed by atoms with E-state index in [4.69, 9.17) is 0 Å². The van der Waals surface area contributed by atoms with Crippen molar-refractivity contribution in [3.8, 4) is 0 Å². The molecule has 2 rings (SSSR count). The first-order chi connectivity index (χ1) is 11.7. The lowest BCUT2D eigenvalue weighted by Crippen LogP contribution is -2.25. The average molecular weight is 351 g/mol. The van der Waals surface area contributed by atoms with E-state index >= 15 is 0 Å². The molecule has 0 aliphatic rings. The fraction of sp³-hybridized carbons (Fsp3) is 0.538. The molecule has 0 aliphatic carbocycles. The Kier molecular flexibility index (Phi) is 5.48. The summed E-state index contributed by atoms with van der Waals surface area (Å²) < 4.78 is 0. The lowest BCUT2D eigenvalue weighted by molar-refractivity contribution is 0.503. The molecule has 0 saturated heterocycles. The molecule has 0 aliphatic heterocycles. The highest BCUT2D eigenvalue weighted by atomic mass is 14.3. The van der Waals surface area contributed by atoms with Crippen molar-refractivity contribution in [1.82, 2.24) is 0 Å². The normalized spacial score (nSPS) is 13.2. The Morgan fingerprint density at radius 2 is 1.15 bits per heavy atom. The van der Waals surface area contributed by atoms with Gasteiger partial charge in [0.2, 0.25) is 0 Å². The molecular weight excluding hydrogens is 312 g/mol. The molecule has 0 spiro atoms. The van der Waals surface area contributed by atoms with Gasteiger partial charge in [-0.1, -0.05) is 103 Å². The van der Waals surface area contributed by atoms with Gasteiger partial charge in [0.05, 0.1) is 0 Å². The summed E-state index contributed by atoms with van der Waals surface area (Å²) in [6.45, 7) is 23.1. The van der Waals surface area contributed by atoms with Gasteiger partial charge in [-0.15, -0.1) is 0 Å². The smallest absolute Gasteiger partial charge is 0.00629 e. The SMILES string of the molecule is Cc1cc(C)cc(C(C)(C)Cc2cc(C(C)(C)C)ccc2C(C)(C)C)c1. The third kappa shape index (κ3) is 4.78. The number of benzene rings is 2. The maximum Gasteiger partial charge on any atom is -0.00629 e. The van der Waals surface area contributed by atoms with Crippen LogP contribution in [0.2, 0.25) is 0 Å². The van der Waals surface area contributed by atoms with E-state index in [0.29, 0.717) is 0 Å². The van der Waals surface area contributed by atoms with E-state index in [1.807, 2.05) is 0 Å². The molecule has 26 heavy (non-hydrogen) atoms. The molecule has 0 fully saturated rings. The van der Waals surface area contributed by atoms with Gasteiger partial charge in [0.1, 0.15) is 0 Å². The fourth-order valence-corrected chi connectivity index (χ4v) is 3.88. The Balaban J connectivity index is 2.55. The second kappa shape index (κ2) is 6.87. The van der Waals surface area contributed by atoms with Crippen LogP contribution in [0.5, 0.6) is 0 Å². The number of hydrogen-bond donors (Lipinski definition) is 0. The second-order valence-electron chi connectivity index (χ2n) is 10.8. The quantitative estimate of drug-likeness (QED) is 0.540. The Morgan fingerprint density at radius 3 is 1.62 bits per heavy atom. The Bertz CT molecular complexity index is 756. The van der Waals surface area contributed by atoms with Crippen molar-refractivity contribution in [3.63, 3.8) is 0 Å². The monoisotopic (exact) mass is 350 g/mol. The summed E-state index contributed by atoms with van der Waals surface area (Å²) in [5.41, 5.74) is 8.98. The highest BCUT2D eigenvalue weighted by molar-refractivity contribution is 5.42. The van der Waals surface area contributed by atoms with Crippen molar-refractivity contribution < 1.29 is 0 Å². The highest BCUT2D eigenvalue weighted by Crippen LogP contribution is 2.36. The van der Waals surface area contributed by atoms with Crippen LogP contribution < -0.4 is 0 Å². The van der Waals surface area contributed by atoms with E-state index in [1.54, 1.807) is 0 Å². The van der Waals surface area contributed by atoms with Crippen LogP contribution in [0.3, 0.4) is 0 Å². The van der Waals surface area contributed by atoms with Crippen LogP contribution in [0.4, 0.5) is 0 Å². The first-order valence-electron chi connectivity index (χ1n) is 9.93. The Morgan fingerprint density at radius 1 is 0.615 bits per heavy atom. The van der Waals surface area contributed by atoms with Crippen molar-refractivity contribution in [1.29, 1.82) is 0 Å². The standard InChI is InChI=1S/C26H38/c1-18-13-19(2)15-22(14-18)26(9,10)17-20-16-21(24(3,4)5)11-12-23(20)25(6,7)8/h11-16H,17H2,1-10H3. The topological polar surface area (TPSA) is 0 Å². The van der Waals surface area contributed by atoms with Crippen molar-refractivity contribution >= 4 is 0 Å². The van der Waals surface area contributed by atoms with Gasteiger partial charge in [0.15, 0.2) is 0 Å². The predicted octanol–water partition coefficient (Wildman–Crippen LogP) is 7.42. The van der Waals surface area contributed by atoms with Crippen LogP contribution in [0.1, 0.15) is 88.8 Å². The zero-order chi connectivity index (χ0) is 19.9. The molecule has 2 aromatic rings. The summed E-state index contributed by atoms with van der Waals surface area (Å²) in [4.78, 5) is 0. The molecule has 0 N–H and O–H groups in total. The van der Waals surface area contributed by atoms with E-state index in [2.05, 4.69) is 106 Å². The molecule has 0 nitrogen and oxygen atoms in total. The number of hydrogen-bond acceptors (Lipinski definition) is 0.